The van der Waals surface area contributed by atoms with Crippen molar-refractivity contribution >= 4 is 57.6 Å². The number of nitrogens with one attached hydrogen (secondary N) is 2. The van der Waals surface area contributed by atoms with Crippen molar-refractivity contribution in [1.29, 1.82) is 0 Å². The zero-order valence-corrected chi connectivity index (χ0v) is 20.5. The molecule has 3 aromatic carbocycles. The maximum absolute atomic E-state index is 12.5. The molecule has 38 heavy (non-hydrogen) atoms. The molecule has 1 atom stereocenters. The number of ether oxygens (including phenoxy) is 1. The minimum Gasteiger partial charge on any atom is -0.454 e. The fourth-order valence-corrected chi connectivity index (χ4v) is 4.36. The van der Waals surface area contributed by atoms with Crippen LogP contribution in [0.15, 0.2) is 83.9 Å². The lowest BCUT2D eigenvalue weighted by Crippen LogP contribution is -2.28. The van der Waals surface area contributed by atoms with Crippen LogP contribution in [0.25, 0.3) is 0 Å². The van der Waals surface area contributed by atoms with Crippen molar-refractivity contribution < 1.29 is 28.8 Å². The SMILES string of the molecule is O=C(C[C@H]1SC(=Nc2ccccc2)NC1=O)Nc1ccc(C(=O)OCC(=O)c2cccc([N+](=O)[O-])c2)cc1. The number of nitrogens with zero attached hydrogens (tertiary/aromatic N) is 2. The predicted octanol–water partition coefficient (Wildman–Crippen LogP) is 3.88. The number of para-hydroxylation sites is 1. The third-order valence-corrected chi connectivity index (χ3v) is 6.33. The summed E-state index contributed by atoms with van der Waals surface area (Å²) in [5.41, 5.74) is 1.04. The number of nitro groups is 1. The highest BCUT2D eigenvalue weighted by Gasteiger charge is 2.32. The van der Waals surface area contributed by atoms with Crippen LogP contribution in [0.4, 0.5) is 17.1 Å². The number of esters is 1. The summed E-state index contributed by atoms with van der Waals surface area (Å²) in [6.45, 7) is -0.588. The van der Waals surface area contributed by atoms with Crippen LogP contribution in [-0.2, 0) is 14.3 Å². The number of carbonyl (C=O) groups is 4. The number of carbonyl (C=O) groups excluding carboxylic acids is 4. The van der Waals surface area contributed by atoms with Crippen molar-refractivity contribution in [2.24, 2.45) is 4.99 Å². The van der Waals surface area contributed by atoms with Crippen molar-refractivity contribution in [3.63, 3.8) is 0 Å². The minimum absolute atomic E-state index is 0.0534. The number of hydrogen-bond donors (Lipinski definition) is 2. The molecule has 192 valence electrons. The van der Waals surface area contributed by atoms with Crippen molar-refractivity contribution in [3.8, 4) is 0 Å². The van der Waals surface area contributed by atoms with Gasteiger partial charge in [0.1, 0.15) is 5.25 Å². The molecule has 1 aliphatic heterocycles. The number of hydrogen-bond acceptors (Lipinski definition) is 9. The first kappa shape index (κ1) is 26.2. The van der Waals surface area contributed by atoms with E-state index in [9.17, 15) is 29.3 Å². The molecule has 0 spiro atoms. The lowest BCUT2D eigenvalue weighted by atomic mass is 10.1. The zero-order chi connectivity index (χ0) is 27.1. The molecule has 1 heterocycles. The van der Waals surface area contributed by atoms with E-state index in [-0.39, 0.29) is 29.1 Å². The molecule has 11 nitrogen and oxygen atoms in total. The first-order chi connectivity index (χ1) is 18.3. The Hall–Kier alpha value is -4.84. The Morgan fingerprint density at radius 3 is 2.45 bits per heavy atom. The third-order valence-electron chi connectivity index (χ3n) is 5.25. The van der Waals surface area contributed by atoms with Gasteiger partial charge in [-0.25, -0.2) is 9.79 Å². The monoisotopic (exact) mass is 532 g/mol. The number of non-ortho nitro benzene ring substituents is 1. The van der Waals surface area contributed by atoms with Gasteiger partial charge >= 0.3 is 5.97 Å². The molecule has 1 saturated heterocycles. The van der Waals surface area contributed by atoms with Gasteiger partial charge in [-0.3, -0.25) is 24.5 Å². The Morgan fingerprint density at radius 2 is 1.74 bits per heavy atom. The van der Waals surface area contributed by atoms with Crippen LogP contribution < -0.4 is 10.6 Å². The van der Waals surface area contributed by atoms with E-state index in [0.29, 0.717) is 16.5 Å². The van der Waals surface area contributed by atoms with Gasteiger partial charge < -0.3 is 15.4 Å². The number of benzene rings is 3. The largest absolute Gasteiger partial charge is 0.454 e. The van der Waals surface area contributed by atoms with E-state index in [1.54, 1.807) is 12.1 Å². The van der Waals surface area contributed by atoms with E-state index >= 15 is 0 Å². The lowest BCUT2D eigenvalue weighted by molar-refractivity contribution is -0.384. The summed E-state index contributed by atoms with van der Waals surface area (Å²) in [5, 5.41) is 16.0. The number of thioether (sulfide) groups is 1. The molecule has 1 aliphatic rings. The molecule has 2 N–H and O–H groups in total. The number of amidine groups is 1. The van der Waals surface area contributed by atoms with E-state index < -0.39 is 34.4 Å². The summed E-state index contributed by atoms with van der Waals surface area (Å²) >= 11 is 1.17. The number of anilines is 1. The second-order valence-electron chi connectivity index (χ2n) is 7.98. The zero-order valence-electron chi connectivity index (χ0n) is 19.7. The van der Waals surface area contributed by atoms with Gasteiger partial charge in [-0.2, -0.15) is 0 Å². The molecule has 4 rings (SSSR count). The van der Waals surface area contributed by atoms with Gasteiger partial charge in [-0.15, -0.1) is 0 Å². The van der Waals surface area contributed by atoms with E-state index in [4.69, 9.17) is 4.74 Å². The highest BCUT2D eigenvalue weighted by Crippen LogP contribution is 2.25. The van der Waals surface area contributed by atoms with Gasteiger partial charge in [0.2, 0.25) is 17.6 Å². The van der Waals surface area contributed by atoms with Crippen molar-refractivity contribution in [1.82, 2.24) is 5.32 Å². The Balaban J connectivity index is 1.26. The normalized spacial score (nSPS) is 15.5. The predicted molar refractivity (Wildman–Crippen MR) is 140 cm³/mol. The van der Waals surface area contributed by atoms with E-state index in [1.165, 1.54) is 54.2 Å². The van der Waals surface area contributed by atoms with Crippen LogP contribution in [0, 0.1) is 10.1 Å². The number of rotatable bonds is 9. The number of ketones is 1. The van der Waals surface area contributed by atoms with E-state index in [2.05, 4.69) is 15.6 Å². The first-order valence-electron chi connectivity index (χ1n) is 11.2. The summed E-state index contributed by atoms with van der Waals surface area (Å²) in [7, 11) is 0. The Labute approximate surface area is 220 Å². The van der Waals surface area contributed by atoms with Gasteiger partial charge in [0.05, 0.1) is 16.2 Å². The van der Waals surface area contributed by atoms with E-state index in [1.807, 2.05) is 18.2 Å². The average Bonchev–Trinajstić information content (AvgIpc) is 3.25. The lowest BCUT2D eigenvalue weighted by Gasteiger charge is -2.08. The van der Waals surface area contributed by atoms with Gasteiger partial charge in [0.15, 0.2) is 11.8 Å². The topological polar surface area (TPSA) is 157 Å². The van der Waals surface area contributed by atoms with Gasteiger partial charge in [0, 0.05) is 29.8 Å². The molecule has 2 amide bonds. The number of amides is 2. The van der Waals surface area contributed by atoms with Crippen LogP contribution in [0.1, 0.15) is 27.1 Å². The summed E-state index contributed by atoms with van der Waals surface area (Å²) in [4.78, 5) is 63.8. The van der Waals surface area contributed by atoms with Crippen LogP contribution in [-0.4, -0.2) is 45.5 Å². The maximum atomic E-state index is 12.5. The van der Waals surface area contributed by atoms with Gasteiger partial charge in [-0.1, -0.05) is 42.1 Å². The van der Waals surface area contributed by atoms with Crippen molar-refractivity contribution in [3.05, 3.63) is 100 Å². The van der Waals surface area contributed by atoms with Gasteiger partial charge in [-0.05, 0) is 36.4 Å². The molecule has 0 aromatic heterocycles. The summed E-state index contributed by atoms with van der Waals surface area (Å²) in [5.74, 6) is -2.06. The van der Waals surface area contributed by atoms with Crippen molar-refractivity contribution in [2.75, 3.05) is 11.9 Å². The fraction of sp³-hybridized carbons (Fsp3) is 0.115. The molecule has 0 bridgehead atoms. The quantitative estimate of drug-likeness (QED) is 0.182. The Morgan fingerprint density at radius 1 is 1.00 bits per heavy atom. The Bertz CT molecular complexity index is 1430. The third kappa shape index (κ3) is 6.89. The minimum atomic E-state index is -0.772. The molecule has 0 aliphatic carbocycles. The number of Topliss-reactive ketones (excluding diaryl/α,β-unsaturated/α-hetero) is 1. The maximum Gasteiger partial charge on any atom is 0.338 e. The van der Waals surface area contributed by atoms with E-state index in [0.717, 1.165) is 6.07 Å². The van der Waals surface area contributed by atoms with Crippen LogP contribution in [0.3, 0.4) is 0 Å². The van der Waals surface area contributed by atoms with Crippen LogP contribution in [0.5, 0.6) is 0 Å². The average molecular weight is 533 g/mol. The smallest absolute Gasteiger partial charge is 0.338 e. The molecule has 1 fully saturated rings. The standard InChI is InChI=1S/C26H20N4O7S/c31-21(17-5-4-8-20(13-17)30(35)36)15-37-25(34)16-9-11-19(12-10-16)27-23(32)14-22-24(33)29-26(38-22)28-18-6-2-1-3-7-18/h1-13,22H,14-15H2,(H,27,32)(H,28,29,33)/t22-/m1/s1. The second-order valence-corrected chi connectivity index (χ2v) is 9.18. The van der Waals surface area contributed by atoms with Crippen LogP contribution >= 0.6 is 11.8 Å². The number of aliphatic imine (C=N–C) groups is 1. The molecule has 0 unspecified atom stereocenters. The molecule has 12 heteroatoms. The molecule has 0 radical (unpaired) electrons. The van der Waals surface area contributed by atoms with Crippen LogP contribution in [0.2, 0.25) is 0 Å². The summed E-state index contributed by atoms with van der Waals surface area (Å²) < 4.78 is 5.01. The molecule has 3 aromatic rings. The summed E-state index contributed by atoms with van der Waals surface area (Å²) in [6.07, 6.45) is -0.0755. The first-order valence-corrected chi connectivity index (χ1v) is 12.1. The molecular formula is C26H20N4O7S. The second kappa shape index (κ2) is 11.9. The highest BCUT2D eigenvalue weighted by atomic mass is 32.2. The fourth-order valence-electron chi connectivity index (χ4n) is 3.37. The van der Waals surface area contributed by atoms with Gasteiger partial charge in [0.25, 0.3) is 5.69 Å². The highest BCUT2D eigenvalue weighted by molar-refractivity contribution is 8.15. The van der Waals surface area contributed by atoms with Crippen molar-refractivity contribution in [2.45, 2.75) is 11.7 Å². The Kier molecular flexibility index (Phi) is 8.23. The molecule has 0 saturated carbocycles. The number of nitro benzene ring substituents is 1. The molecular weight excluding hydrogens is 512 g/mol. The summed E-state index contributed by atoms with van der Waals surface area (Å²) in [6, 6.07) is 20.0.